The molecular weight excluding hydrogens is 760 g/mol. The molecule has 58 heavy (non-hydrogen) atoms. The smallest absolute Gasteiger partial charge is 0.335 e. The molecule has 19 atom stereocenters. The molecule has 16 nitrogen and oxygen atoms in total. The van der Waals surface area contributed by atoms with E-state index in [0.29, 0.717) is 25.7 Å². The van der Waals surface area contributed by atoms with Crippen LogP contribution in [0, 0.1) is 50.2 Å². The van der Waals surface area contributed by atoms with E-state index in [0.717, 1.165) is 37.7 Å². The number of fused-ring (bicyclic) bond motifs is 7. The summed E-state index contributed by atoms with van der Waals surface area (Å²) >= 11 is 0. The molecule has 7 aliphatic rings. The van der Waals surface area contributed by atoms with Crippen molar-refractivity contribution < 1.29 is 79.0 Å². The van der Waals surface area contributed by atoms with Crippen molar-refractivity contribution in [1.82, 2.24) is 0 Å². The quantitative estimate of drug-likeness (QED) is 0.171. The van der Waals surface area contributed by atoms with Crippen molar-refractivity contribution in [2.75, 3.05) is 0 Å². The molecule has 326 valence electrons. The van der Waals surface area contributed by atoms with E-state index in [1.54, 1.807) is 0 Å². The number of hydrogen-bond donors (Lipinski definition) is 8. The molecule has 16 heteroatoms. The average molecular weight is 823 g/mol. The van der Waals surface area contributed by atoms with Crippen LogP contribution in [0.4, 0.5) is 0 Å². The fourth-order valence-electron chi connectivity index (χ4n) is 13.4. The van der Waals surface area contributed by atoms with E-state index in [9.17, 15) is 60.0 Å². The van der Waals surface area contributed by atoms with E-state index >= 15 is 0 Å². The molecular formula is C42H62O16. The van der Waals surface area contributed by atoms with Crippen LogP contribution < -0.4 is 0 Å². The minimum Gasteiger partial charge on any atom is -0.481 e. The van der Waals surface area contributed by atoms with Gasteiger partial charge in [0.1, 0.15) is 36.6 Å². The highest BCUT2D eigenvalue weighted by Crippen LogP contribution is 2.75. The molecule has 0 spiro atoms. The summed E-state index contributed by atoms with van der Waals surface area (Å²) in [6, 6.07) is 0. The molecule has 8 N–H and O–H groups in total. The zero-order chi connectivity index (χ0) is 42.9. The fourth-order valence-corrected chi connectivity index (χ4v) is 13.4. The first-order valence-electron chi connectivity index (χ1n) is 20.7. The first kappa shape index (κ1) is 43.5. The van der Waals surface area contributed by atoms with Gasteiger partial charge in [0.05, 0.1) is 11.5 Å². The molecule has 6 fully saturated rings. The molecule has 5 aliphatic carbocycles. The third-order valence-corrected chi connectivity index (χ3v) is 17.2. The molecule has 0 bridgehead atoms. The summed E-state index contributed by atoms with van der Waals surface area (Å²) in [4.78, 5) is 51.3. The summed E-state index contributed by atoms with van der Waals surface area (Å²) in [6.07, 6.45) is -12.2. The molecule has 2 saturated heterocycles. The second-order valence-corrected chi connectivity index (χ2v) is 20.6. The number of carboxylic acid groups (broad SMARTS) is 3. The number of aliphatic carboxylic acids is 3. The number of allylic oxidation sites excluding steroid dienone is 2. The Morgan fingerprint density at radius 3 is 1.88 bits per heavy atom. The van der Waals surface area contributed by atoms with Crippen LogP contribution >= 0.6 is 0 Å². The summed E-state index contributed by atoms with van der Waals surface area (Å²) in [5.74, 6) is -4.47. The topological polar surface area (TPSA) is 267 Å². The zero-order valence-corrected chi connectivity index (χ0v) is 34.4. The van der Waals surface area contributed by atoms with Gasteiger partial charge in [-0.15, -0.1) is 0 Å². The van der Waals surface area contributed by atoms with E-state index in [4.69, 9.17) is 18.9 Å². The molecule has 4 saturated carbocycles. The molecule has 2 aliphatic heterocycles. The second-order valence-electron chi connectivity index (χ2n) is 20.6. The van der Waals surface area contributed by atoms with Crippen LogP contribution in [0.25, 0.3) is 0 Å². The number of hydrogen-bond acceptors (Lipinski definition) is 13. The number of ketones is 1. The van der Waals surface area contributed by atoms with Crippen molar-refractivity contribution in [3.8, 4) is 0 Å². The van der Waals surface area contributed by atoms with Crippen molar-refractivity contribution >= 4 is 23.7 Å². The van der Waals surface area contributed by atoms with Crippen LogP contribution in [0.1, 0.15) is 106 Å². The zero-order valence-electron chi connectivity index (χ0n) is 34.4. The average Bonchev–Trinajstić information content (AvgIpc) is 3.13. The number of aliphatic hydroxyl groups is 5. The van der Waals surface area contributed by atoms with Crippen LogP contribution in [-0.4, -0.2) is 132 Å². The van der Waals surface area contributed by atoms with Gasteiger partial charge in [0.2, 0.25) is 0 Å². The molecule has 8 unspecified atom stereocenters. The first-order valence-corrected chi connectivity index (χ1v) is 20.7. The minimum absolute atomic E-state index is 0.0217. The van der Waals surface area contributed by atoms with Crippen molar-refractivity contribution in [2.45, 2.75) is 174 Å². The summed E-state index contributed by atoms with van der Waals surface area (Å²) < 4.78 is 23.4. The van der Waals surface area contributed by atoms with Crippen LogP contribution in [0.3, 0.4) is 0 Å². The highest BCUT2D eigenvalue weighted by molar-refractivity contribution is 5.95. The summed E-state index contributed by atoms with van der Waals surface area (Å²) in [7, 11) is 0. The molecule has 0 amide bonds. The summed E-state index contributed by atoms with van der Waals surface area (Å²) in [5, 5.41) is 83.0. The lowest BCUT2D eigenvalue weighted by Gasteiger charge is -2.70. The number of rotatable bonds is 7. The number of aliphatic hydroxyl groups excluding tert-OH is 5. The fraction of sp³-hybridized carbons (Fsp3) is 0.857. The van der Waals surface area contributed by atoms with E-state index in [1.807, 2.05) is 26.8 Å². The van der Waals surface area contributed by atoms with Crippen LogP contribution in [0.2, 0.25) is 0 Å². The maximum absolute atomic E-state index is 14.8. The van der Waals surface area contributed by atoms with Gasteiger partial charge in [0.15, 0.2) is 30.6 Å². The van der Waals surface area contributed by atoms with E-state index in [2.05, 4.69) is 27.7 Å². The Bertz CT molecular complexity index is 1730. The Balaban J connectivity index is 1.17. The standard InChI is InChI=1S/C42H62O16/c1-37(2)21-8-11-42(7)31(20(43)16-18-19-17-39(4,36(53)54)13-12-38(19,3)14-15-41(18,42)6)40(21,5)10-9-22(37)55-35-30(26(47)25(46)29(57-35)33(51)52)58-34-27(48)23(44)24(45)28(56-34)32(49)50/h16,19,21-31,34-35,44-48H,8-15,17H2,1-7H3,(H,49,50)(H,51,52)(H,53,54)/t19?,21?,22?,23-,24+,25+,26-,27?,28?,29?,30?,31?,34-,35+,38+,39-,40-,41+,42+/m0/s1. The maximum atomic E-state index is 14.8. The molecule has 0 aromatic heterocycles. The lowest BCUT2D eigenvalue weighted by molar-refractivity contribution is -0.371. The van der Waals surface area contributed by atoms with Gasteiger partial charge < -0.3 is 59.8 Å². The Labute approximate surface area is 337 Å². The number of carbonyl (C=O) groups excluding carboxylic acids is 1. The predicted octanol–water partition coefficient (Wildman–Crippen LogP) is 2.25. The third-order valence-electron chi connectivity index (χ3n) is 17.2. The van der Waals surface area contributed by atoms with E-state index in [-0.39, 0.29) is 34.4 Å². The van der Waals surface area contributed by atoms with Crippen molar-refractivity contribution in [3.05, 3.63) is 11.6 Å². The Morgan fingerprint density at radius 1 is 0.690 bits per heavy atom. The molecule has 2 heterocycles. The minimum atomic E-state index is -2.05. The Hall–Kier alpha value is -2.54. The van der Waals surface area contributed by atoms with Gasteiger partial charge >= 0.3 is 17.9 Å². The van der Waals surface area contributed by atoms with Gasteiger partial charge in [-0.1, -0.05) is 47.1 Å². The van der Waals surface area contributed by atoms with Crippen LogP contribution in [0.5, 0.6) is 0 Å². The predicted molar refractivity (Wildman–Crippen MR) is 199 cm³/mol. The van der Waals surface area contributed by atoms with Crippen molar-refractivity contribution in [2.24, 2.45) is 50.2 Å². The highest BCUT2D eigenvalue weighted by Gasteiger charge is 2.71. The Kier molecular flexibility index (Phi) is 10.7. The third kappa shape index (κ3) is 6.25. The SMILES string of the molecule is CC1(C)C(O[C@@H]2OC(C(=O)O)[C@H](O)[C@H](O)C2O[C@@H]2OC(C(=O)O)[C@H](O)[C@H](O)C2O)CC[C@@]2(C)C1CC[C@]1(C)C2C(=O)C=C2C3C[C@@](C)(C(=O)O)CC[C@]3(C)CC[C@]21C. The monoisotopic (exact) mass is 822 g/mol. The maximum Gasteiger partial charge on any atom is 0.335 e. The molecule has 7 rings (SSSR count). The van der Waals surface area contributed by atoms with Crippen LogP contribution in [0.15, 0.2) is 11.6 Å². The number of carbonyl (C=O) groups is 4. The molecule has 0 radical (unpaired) electrons. The van der Waals surface area contributed by atoms with Gasteiger partial charge in [0.25, 0.3) is 0 Å². The Morgan fingerprint density at radius 2 is 1.28 bits per heavy atom. The summed E-state index contributed by atoms with van der Waals surface area (Å²) in [6.45, 7) is 14.8. The van der Waals surface area contributed by atoms with Crippen molar-refractivity contribution in [1.29, 1.82) is 0 Å². The molecule has 0 aromatic carbocycles. The normalized spacial score (nSPS) is 52.6. The first-order chi connectivity index (χ1) is 26.8. The van der Waals surface area contributed by atoms with Crippen LogP contribution in [-0.2, 0) is 38.1 Å². The van der Waals surface area contributed by atoms with Gasteiger partial charge in [-0.05, 0) is 110 Å². The lowest BCUT2D eigenvalue weighted by Crippen LogP contribution is -2.68. The number of carboxylic acids is 3. The van der Waals surface area contributed by atoms with E-state index < -0.39 is 107 Å². The highest BCUT2D eigenvalue weighted by atomic mass is 16.8. The largest absolute Gasteiger partial charge is 0.481 e. The van der Waals surface area contributed by atoms with Gasteiger partial charge in [-0.2, -0.15) is 0 Å². The lowest BCUT2D eigenvalue weighted by atomic mass is 9.33. The second kappa shape index (κ2) is 14.3. The van der Waals surface area contributed by atoms with Gasteiger partial charge in [-0.25, -0.2) is 9.59 Å². The van der Waals surface area contributed by atoms with Gasteiger partial charge in [-0.3, -0.25) is 9.59 Å². The summed E-state index contributed by atoms with van der Waals surface area (Å²) in [5.41, 5.74) is -1.81. The molecule has 0 aromatic rings. The van der Waals surface area contributed by atoms with Gasteiger partial charge in [0, 0.05) is 5.92 Å². The van der Waals surface area contributed by atoms with E-state index in [1.165, 1.54) is 0 Å². The van der Waals surface area contributed by atoms with Crippen molar-refractivity contribution in [3.63, 3.8) is 0 Å². The number of ether oxygens (including phenoxy) is 4.